The average Bonchev–Trinajstić information content (AvgIpc) is 2.59. The maximum absolute atomic E-state index is 7.48. The monoisotopic (exact) mass is 438 g/mol. The topological polar surface area (TPSA) is 181 Å². The van der Waals surface area contributed by atoms with Gasteiger partial charge >= 0.3 is 0 Å². The molecule has 0 aromatic rings. The molecule has 0 bridgehead atoms. The van der Waals surface area contributed by atoms with Crippen molar-refractivity contribution in [1.29, 1.82) is 21.0 Å². The zero-order valence-corrected chi connectivity index (χ0v) is 15.1. The summed E-state index contributed by atoms with van der Waals surface area (Å²) in [4.78, 5) is 0. The van der Waals surface area contributed by atoms with Gasteiger partial charge in [-0.2, -0.15) is 26.7 Å². The van der Waals surface area contributed by atoms with Gasteiger partial charge in [-0.25, -0.2) is 10.6 Å². The maximum atomic E-state index is 7.48. The van der Waals surface area contributed by atoms with E-state index in [4.69, 9.17) is 21.0 Å². The predicted octanol–water partition coefficient (Wildman–Crippen LogP) is 2.53. The molecule has 25 heavy (non-hydrogen) atoms. The summed E-state index contributed by atoms with van der Waals surface area (Å²) in [5, 5.41) is 42.4. The Morgan fingerprint density at radius 2 is 1.52 bits per heavy atom. The Morgan fingerprint density at radius 3 is 1.84 bits per heavy atom. The van der Waals surface area contributed by atoms with Crippen LogP contribution < -0.4 is 10.6 Å². The van der Waals surface area contributed by atoms with E-state index in [1.54, 1.807) is 10.6 Å². The summed E-state index contributed by atoms with van der Waals surface area (Å²) in [6.45, 7) is 1.87. The van der Waals surface area contributed by atoms with Gasteiger partial charge in [0.2, 0.25) is 0 Å². The summed E-state index contributed by atoms with van der Waals surface area (Å²) in [6.07, 6.45) is 15.7. The van der Waals surface area contributed by atoms with Crippen LogP contribution in [0.1, 0.15) is 19.3 Å². The smallest absolute Gasteiger partial charge is 0.190 e. The molecule has 2 aliphatic rings. The Labute approximate surface area is 169 Å². The van der Waals surface area contributed by atoms with Gasteiger partial charge in [0, 0.05) is 34.1 Å². The second-order valence-corrected chi connectivity index (χ2v) is 3.98. The Bertz CT molecular complexity index is 478. The van der Waals surface area contributed by atoms with E-state index in [1.807, 2.05) is 0 Å². The number of nitrogens with one attached hydrogen (secondary N) is 2. The van der Waals surface area contributed by atoms with E-state index in [9.17, 15) is 0 Å². The van der Waals surface area contributed by atoms with Gasteiger partial charge in [0.1, 0.15) is 0 Å². The predicted molar refractivity (Wildman–Crippen MR) is 85.3 cm³/mol. The van der Waals surface area contributed by atoms with E-state index in [0.29, 0.717) is 6.04 Å². The fourth-order valence-corrected chi connectivity index (χ4v) is 1.73. The summed E-state index contributed by atoms with van der Waals surface area (Å²) in [5.74, 6) is 0. The molecule has 144 valence electrons. The van der Waals surface area contributed by atoms with Crippen molar-refractivity contribution < 1.29 is 34.1 Å². The maximum Gasteiger partial charge on any atom is 0.190 e. The Balaban J connectivity index is -0.000000147. The molecule has 2 heterocycles. The van der Waals surface area contributed by atoms with Crippen LogP contribution in [0.5, 0.6) is 0 Å². The van der Waals surface area contributed by atoms with Crippen molar-refractivity contribution >= 4 is 0 Å². The normalized spacial score (nSPS) is 15.5. The van der Waals surface area contributed by atoms with E-state index in [1.165, 1.54) is 49.7 Å². The number of nitrogens with two attached hydrogens (primary N) is 1. The third-order valence-electron chi connectivity index (χ3n) is 2.58. The second-order valence-electron chi connectivity index (χ2n) is 3.98. The van der Waals surface area contributed by atoms with Gasteiger partial charge < -0.3 is 16.8 Å². The molecule has 2 radical (unpaired) electrons. The van der Waals surface area contributed by atoms with Gasteiger partial charge in [0.25, 0.3) is 0 Å². The number of hydrogen-bond acceptors (Lipinski definition) is 6. The fourth-order valence-electron chi connectivity index (χ4n) is 1.73. The van der Waals surface area contributed by atoms with Crippen LogP contribution in [0, 0.1) is 45.8 Å². The van der Waals surface area contributed by atoms with Gasteiger partial charge in [-0.3, -0.25) is 0 Å². The van der Waals surface area contributed by atoms with Crippen LogP contribution in [0.4, 0.5) is 0 Å². The van der Waals surface area contributed by atoms with Crippen LogP contribution in [0.25, 0.3) is 16.8 Å². The van der Waals surface area contributed by atoms with Crippen molar-refractivity contribution in [3.63, 3.8) is 0 Å². The molecule has 2 aliphatic heterocycles. The van der Waals surface area contributed by atoms with Gasteiger partial charge in [0.15, 0.2) is 24.8 Å². The standard InChI is InChI=1S/C10H14N2.2C2HN3.2Cu.H2N/c1-3-7-11-9(5-1)10-6-2-4-8-12-10;2*3-1-5-2-4;;;/h1,3,5,10H,2,4,6-8H2;2*5H;;;1H2/q-2;;;;;-1. The number of nitrogens with zero attached hydrogens (tertiary/aromatic N) is 6. The minimum Gasteiger partial charge on any atom is -0.693 e. The van der Waals surface area contributed by atoms with Crippen molar-refractivity contribution in [2.24, 2.45) is 0 Å². The number of nitriles is 4. The van der Waals surface area contributed by atoms with Crippen LogP contribution in [0.3, 0.4) is 0 Å². The Hall–Kier alpha value is -2.20. The van der Waals surface area contributed by atoms with Crippen molar-refractivity contribution in [3.8, 4) is 24.8 Å². The first-order chi connectivity index (χ1) is 10.8. The summed E-state index contributed by atoms with van der Waals surface area (Å²) < 4.78 is 0. The third-order valence-corrected chi connectivity index (χ3v) is 2.58. The molecule has 0 saturated carbocycles. The molecule has 1 atom stereocenters. The third kappa shape index (κ3) is 18.0. The molecule has 0 spiro atoms. The summed E-state index contributed by atoms with van der Waals surface area (Å²) in [7, 11) is 0. The molecule has 1 saturated heterocycles. The van der Waals surface area contributed by atoms with Crippen LogP contribution in [-0.4, -0.2) is 19.1 Å². The van der Waals surface area contributed by atoms with Crippen molar-refractivity contribution in [1.82, 2.24) is 10.6 Å². The fraction of sp³-hybridized carbons (Fsp3) is 0.429. The van der Waals surface area contributed by atoms with E-state index in [-0.39, 0.29) is 40.3 Å². The first-order valence-electron chi connectivity index (χ1n) is 6.57. The van der Waals surface area contributed by atoms with Crippen LogP contribution >= 0.6 is 0 Å². The first-order valence-corrected chi connectivity index (χ1v) is 6.57. The summed E-state index contributed by atoms with van der Waals surface area (Å²) >= 11 is 0. The molecule has 0 aromatic heterocycles. The van der Waals surface area contributed by atoms with Gasteiger partial charge in [-0.1, -0.05) is 31.4 Å². The van der Waals surface area contributed by atoms with E-state index >= 15 is 0 Å². The van der Waals surface area contributed by atoms with Crippen LogP contribution in [0.15, 0.2) is 23.9 Å². The first kappa shape index (κ1) is 30.7. The van der Waals surface area contributed by atoms with Gasteiger partial charge in [-0.15, -0.1) is 25.2 Å². The average molecular weight is 439 g/mol. The molecule has 2 rings (SSSR count). The van der Waals surface area contributed by atoms with E-state index < -0.39 is 0 Å². The number of piperidine rings is 1. The largest absolute Gasteiger partial charge is 0.693 e. The molecule has 0 amide bonds. The molecular weight excluding hydrogens is 421 g/mol. The van der Waals surface area contributed by atoms with Gasteiger partial charge in [-0.05, 0) is 0 Å². The molecule has 9 nitrogen and oxygen atoms in total. The minimum atomic E-state index is 0. The Morgan fingerprint density at radius 1 is 0.960 bits per heavy atom. The number of rotatable bonds is 1. The summed E-state index contributed by atoms with van der Waals surface area (Å²) in [5.41, 5.74) is 1.19. The molecule has 11 heteroatoms. The van der Waals surface area contributed by atoms with Crippen molar-refractivity contribution in [2.45, 2.75) is 25.3 Å². The number of allylic oxidation sites excluding steroid dienone is 2. The van der Waals surface area contributed by atoms with Crippen molar-refractivity contribution in [3.05, 3.63) is 40.7 Å². The molecule has 4 N–H and O–H groups in total. The molecule has 0 aromatic carbocycles. The second kappa shape index (κ2) is 24.1. The molecule has 1 unspecified atom stereocenters. The van der Waals surface area contributed by atoms with E-state index in [0.717, 1.165) is 13.1 Å². The molecule has 1 fully saturated rings. The van der Waals surface area contributed by atoms with Crippen LogP contribution in [0.2, 0.25) is 0 Å². The summed E-state index contributed by atoms with van der Waals surface area (Å²) in [6, 6.07) is 0.406. The van der Waals surface area contributed by atoms with Crippen LogP contribution in [-0.2, 0) is 34.1 Å². The zero-order valence-electron chi connectivity index (χ0n) is 13.2. The molecule has 0 aliphatic carbocycles. The minimum absolute atomic E-state index is 0. The quantitative estimate of drug-likeness (QED) is 0.359. The molecular formula is C14H18Cu2N9-3. The Kier molecular flexibility index (Phi) is 29.5. The zero-order chi connectivity index (χ0) is 16.5. The SMILES string of the molecule is C1=CC[N-]C(C2CCCC[N-]2)=C1.N#CNC#N.N#CNC#N.[Cu].[Cu].[NH2-]. The van der Waals surface area contributed by atoms with Gasteiger partial charge in [0.05, 0.1) is 0 Å². The van der Waals surface area contributed by atoms with Crippen molar-refractivity contribution in [2.75, 3.05) is 13.1 Å². The number of hydrogen-bond donors (Lipinski definition) is 2. The van der Waals surface area contributed by atoms with E-state index in [2.05, 4.69) is 28.9 Å².